The Morgan fingerprint density at radius 2 is 2.46 bits per heavy atom. The lowest BCUT2D eigenvalue weighted by atomic mass is 10.5. The molecule has 1 amide bonds. The fraction of sp³-hybridized carbons (Fsp3) is 0.286. The summed E-state index contributed by atoms with van der Waals surface area (Å²) in [7, 11) is 0. The van der Waals surface area contributed by atoms with Gasteiger partial charge in [0, 0.05) is 6.07 Å². The summed E-state index contributed by atoms with van der Waals surface area (Å²) in [6, 6.07) is 1.76. The molecule has 0 aliphatic heterocycles. The van der Waals surface area contributed by atoms with Gasteiger partial charge in [-0.05, 0) is 6.26 Å². The SMILES string of the molecule is CSc1cc(NCC(N)=O)ncn1. The minimum atomic E-state index is -0.413. The highest BCUT2D eigenvalue weighted by Gasteiger charge is 1.98. The molecule has 0 aliphatic rings. The zero-order valence-electron chi connectivity index (χ0n) is 7.15. The van der Waals surface area contributed by atoms with Gasteiger partial charge in [-0.3, -0.25) is 4.79 Å². The molecule has 0 bridgehead atoms. The molecule has 0 aliphatic carbocycles. The molecule has 5 nitrogen and oxygen atoms in total. The number of carbonyl (C=O) groups excluding carboxylic acids is 1. The molecule has 6 heteroatoms. The summed E-state index contributed by atoms with van der Waals surface area (Å²) >= 11 is 1.51. The first-order valence-electron chi connectivity index (χ1n) is 3.60. The molecule has 0 saturated heterocycles. The third kappa shape index (κ3) is 3.29. The van der Waals surface area contributed by atoms with E-state index in [2.05, 4.69) is 15.3 Å². The number of hydrogen-bond acceptors (Lipinski definition) is 5. The number of nitrogens with one attached hydrogen (secondary N) is 1. The Bertz CT molecular complexity index is 304. The van der Waals surface area contributed by atoms with Crippen LogP contribution in [0.1, 0.15) is 0 Å². The maximum atomic E-state index is 10.4. The first kappa shape index (κ1) is 9.79. The second-order valence-corrected chi connectivity index (χ2v) is 3.09. The number of rotatable bonds is 4. The van der Waals surface area contributed by atoms with Crippen molar-refractivity contribution in [2.75, 3.05) is 18.1 Å². The normalized spacial score (nSPS) is 9.62. The van der Waals surface area contributed by atoms with Crippen LogP contribution >= 0.6 is 11.8 Å². The highest BCUT2D eigenvalue weighted by atomic mass is 32.2. The van der Waals surface area contributed by atoms with Crippen LogP contribution in [0.15, 0.2) is 17.4 Å². The molecule has 1 heterocycles. The van der Waals surface area contributed by atoms with Crippen LogP contribution in [0.2, 0.25) is 0 Å². The first-order chi connectivity index (χ1) is 6.22. The van der Waals surface area contributed by atoms with Gasteiger partial charge in [-0.2, -0.15) is 0 Å². The lowest BCUT2D eigenvalue weighted by molar-refractivity contribution is -0.116. The molecule has 0 unspecified atom stereocenters. The third-order valence-electron chi connectivity index (χ3n) is 1.29. The number of aromatic nitrogens is 2. The Kier molecular flexibility index (Phi) is 3.51. The summed E-state index contributed by atoms with van der Waals surface area (Å²) in [6.07, 6.45) is 3.36. The third-order valence-corrected chi connectivity index (χ3v) is 1.94. The lowest BCUT2D eigenvalue weighted by Crippen LogP contribution is -2.22. The maximum absolute atomic E-state index is 10.4. The lowest BCUT2D eigenvalue weighted by Gasteiger charge is -2.02. The Balaban J connectivity index is 2.61. The van der Waals surface area contributed by atoms with Crippen LogP contribution in [0.3, 0.4) is 0 Å². The quantitative estimate of drug-likeness (QED) is 0.529. The van der Waals surface area contributed by atoms with Gasteiger partial charge in [0.15, 0.2) is 0 Å². The predicted octanol–water partition coefficient (Wildman–Crippen LogP) is 0.0957. The molecule has 70 valence electrons. The number of thioether (sulfide) groups is 1. The smallest absolute Gasteiger partial charge is 0.236 e. The minimum Gasteiger partial charge on any atom is -0.368 e. The molecule has 0 fully saturated rings. The maximum Gasteiger partial charge on any atom is 0.236 e. The zero-order chi connectivity index (χ0) is 9.68. The van der Waals surface area contributed by atoms with Gasteiger partial charge in [-0.25, -0.2) is 9.97 Å². The average Bonchev–Trinajstić information content (AvgIpc) is 2.15. The van der Waals surface area contributed by atoms with Crippen LogP contribution in [-0.4, -0.2) is 28.7 Å². The van der Waals surface area contributed by atoms with E-state index in [1.54, 1.807) is 6.07 Å². The van der Waals surface area contributed by atoms with Gasteiger partial charge in [0.2, 0.25) is 5.91 Å². The molecule has 1 aromatic heterocycles. The summed E-state index contributed by atoms with van der Waals surface area (Å²) in [6.45, 7) is 0.0881. The second kappa shape index (κ2) is 4.66. The van der Waals surface area contributed by atoms with Crippen molar-refractivity contribution in [1.82, 2.24) is 9.97 Å². The molecular weight excluding hydrogens is 188 g/mol. The van der Waals surface area contributed by atoms with E-state index in [0.29, 0.717) is 5.82 Å². The van der Waals surface area contributed by atoms with Gasteiger partial charge < -0.3 is 11.1 Å². The summed E-state index contributed by atoms with van der Waals surface area (Å²) < 4.78 is 0. The van der Waals surface area contributed by atoms with Crippen molar-refractivity contribution in [2.24, 2.45) is 5.73 Å². The summed E-state index contributed by atoms with van der Waals surface area (Å²) in [4.78, 5) is 18.3. The fourth-order valence-corrected chi connectivity index (χ4v) is 1.11. The summed E-state index contributed by atoms with van der Waals surface area (Å²) in [5, 5.41) is 3.63. The first-order valence-corrected chi connectivity index (χ1v) is 4.83. The van der Waals surface area contributed by atoms with Crippen molar-refractivity contribution in [3.63, 3.8) is 0 Å². The van der Waals surface area contributed by atoms with Crippen LogP contribution in [0.25, 0.3) is 0 Å². The van der Waals surface area contributed by atoms with Gasteiger partial charge >= 0.3 is 0 Å². The van der Waals surface area contributed by atoms with Gasteiger partial charge in [0.25, 0.3) is 0 Å². The molecule has 1 rings (SSSR count). The van der Waals surface area contributed by atoms with Crippen LogP contribution in [0, 0.1) is 0 Å². The van der Waals surface area contributed by atoms with Crippen molar-refractivity contribution in [2.45, 2.75) is 5.03 Å². The van der Waals surface area contributed by atoms with E-state index in [0.717, 1.165) is 5.03 Å². The number of nitrogens with two attached hydrogens (primary N) is 1. The fourth-order valence-electron chi connectivity index (χ4n) is 0.725. The number of hydrogen-bond donors (Lipinski definition) is 2. The molecule has 1 aromatic rings. The van der Waals surface area contributed by atoms with Crippen molar-refractivity contribution in [3.05, 3.63) is 12.4 Å². The molecule has 0 saturated carbocycles. The van der Waals surface area contributed by atoms with Crippen molar-refractivity contribution < 1.29 is 4.79 Å². The summed E-state index contributed by atoms with van der Waals surface area (Å²) in [5.74, 6) is 0.197. The van der Waals surface area contributed by atoms with Gasteiger partial charge in [-0.15, -0.1) is 11.8 Å². The topological polar surface area (TPSA) is 80.9 Å². The van der Waals surface area contributed by atoms with E-state index < -0.39 is 5.91 Å². The molecule has 13 heavy (non-hydrogen) atoms. The molecule has 0 spiro atoms. The van der Waals surface area contributed by atoms with E-state index in [1.165, 1.54) is 18.1 Å². The van der Waals surface area contributed by atoms with Crippen LogP contribution in [0.4, 0.5) is 5.82 Å². The Hall–Kier alpha value is -1.30. The Labute approximate surface area is 80.1 Å². The van der Waals surface area contributed by atoms with Crippen LogP contribution in [0.5, 0.6) is 0 Å². The average molecular weight is 198 g/mol. The van der Waals surface area contributed by atoms with E-state index in [-0.39, 0.29) is 6.54 Å². The minimum absolute atomic E-state index is 0.0881. The van der Waals surface area contributed by atoms with Gasteiger partial charge in [0.05, 0.1) is 6.54 Å². The standard InChI is InChI=1S/C7H10N4OS/c1-13-7-2-6(10-4-11-7)9-3-5(8)12/h2,4H,3H2,1H3,(H2,8,12)(H,9,10,11). The second-order valence-electron chi connectivity index (χ2n) is 2.27. The molecule has 0 radical (unpaired) electrons. The number of nitrogens with zero attached hydrogens (tertiary/aromatic N) is 2. The van der Waals surface area contributed by atoms with E-state index >= 15 is 0 Å². The molecule has 0 atom stereocenters. The highest BCUT2D eigenvalue weighted by Crippen LogP contribution is 2.12. The predicted molar refractivity (Wildman–Crippen MR) is 51.5 cm³/mol. The van der Waals surface area contributed by atoms with Crippen molar-refractivity contribution in [3.8, 4) is 0 Å². The molecule has 0 aromatic carbocycles. The summed E-state index contributed by atoms with van der Waals surface area (Å²) in [5.41, 5.74) is 4.96. The van der Waals surface area contributed by atoms with Crippen LogP contribution < -0.4 is 11.1 Å². The zero-order valence-corrected chi connectivity index (χ0v) is 7.97. The monoisotopic (exact) mass is 198 g/mol. The Morgan fingerprint density at radius 3 is 3.08 bits per heavy atom. The number of anilines is 1. The highest BCUT2D eigenvalue weighted by molar-refractivity contribution is 7.98. The largest absolute Gasteiger partial charge is 0.368 e. The van der Waals surface area contributed by atoms with Crippen LogP contribution in [-0.2, 0) is 4.79 Å². The Morgan fingerprint density at radius 1 is 1.69 bits per heavy atom. The molecular formula is C7H10N4OS. The van der Waals surface area contributed by atoms with Crippen molar-refractivity contribution >= 4 is 23.5 Å². The van der Waals surface area contributed by atoms with Gasteiger partial charge in [-0.1, -0.05) is 0 Å². The van der Waals surface area contributed by atoms with Gasteiger partial charge in [0.1, 0.15) is 17.2 Å². The van der Waals surface area contributed by atoms with E-state index in [1.807, 2.05) is 6.26 Å². The van der Waals surface area contributed by atoms with E-state index in [4.69, 9.17) is 5.73 Å². The number of carbonyl (C=O) groups is 1. The van der Waals surface area contributed by atoms with Crippen molar-refractivity contribution in [1.29, 1.82) is 0 Å². The molecule has 3 N–H and O–H groups in total. The number of primary amides is 1. The number of amides is 1. The van der Waals surface area contributed by atoms with E-state index in [9.17, 15) is 4.79 Å².